The summed E-state index contributed by atoms with van der Waals surface area (Å²) in [4.78, 5) is 14.9. The van der Waals surface area contributed by atoms with E-state index in [4.69, 9.17) is 4.52 Å². The molecule has 0 radical (unpaired) electrons. The number of benzene rings is 1. The molecule has 1 aromatic carbocycles. The SMILES string of the molecule is CC(C)CC1C(=O)N[C@@H](C(C)C)CN1Cc1cc(-c2ccc(F)cc2)on1. The van der Waals surface area contributed by atoms with Crippen LogP contribution in [0.3, 0.4) is 0 Å². The van der Waals surface area contributed by atoms with Crippen LogP contribution >= 0.6 is 0 Å². The molecule has 0 aliphatic carbocycles. The minimum absolute atomic E-state index is 0.0934. The van der Waals surface area contributed by atoms with E-state index in [1.807, 2.05) is 6.07 Å². The molecule has 1 aliphatic rings. The number of piperazine rings is 1. The highest BCUT2D eigenvalue weighted by Crippen LogP contribution is 2.24. The second-order valence-electron chi connectivity index (χ2n) is 8.12. The topological polar surface area (TPSA) is 58.4 Å². The smallest absolute Gasteiger partial charge is 0.237 e. The summed E-state index contributed by atoms with van der Waals surface area (Å²) in [5.74, 6) is 1.20. The molecule has 0 spiro atoms. The first-order valence-corrected chi connectivity index (χ1v) is 9.59. The fraction of sp³-hybridized carbons (Fsp3) is 0.524. The molecule has 1 N–H and O–H groups in total. The van der Waals surface area contributed by atoms with Crippen LogP contribution in [0.5, 0.6) is 0 Å². The van der Waals surface area contributed by atoms with Crippen LogP contribution in [0.2, 0.25) is 0 Å². The molecule has 0 saturated carbocycles. The highest BCUT2D eigenvalue weighted by molar-refractivity contribution is 5.83. The van der Waals surface area contributed by atoms with Gasteiger partial charge in [0.2, 0.25) is 5.91 Å². The van der Waals surface area contributed by atoms with E-state index in [0.717, 1.165) is 24.2 Å². The Morgan fingerprint density at radius 1 is 1.26 bits per heavy atom. The average molecular weight is 373 g/mol. The van der Waals surface area contributed by atoms with E-state index in [1.165, 1.54) is 12.1 Å². The van der Waals surface area contributed by atoms with Crippen molar-refractivity contribution in [1.82, 2.24) is 15.4 Å². The van der Waals surface area contributed by atoms with Crippen LogP contribution in [-0.2, 0) is 11.3 Å². The monoisotopic (exact) mass is 373 g/mol. The van der Waals surface area contributed by atoms with Crippen molar-refractivity contribution in [3.05, 3.63) is 41.8 Å². The summed E-state index contributed by atoms with van der Waals surface area (Å²) in [7, 11) is 0. The van der Waals surface area contributed by atoms with E-state index in [-0.39, 0.29) is 23.8 Å². The maximum absolute atomic E-state index is 13.1. The van der Waals surface area contributed by atoms with E-state index in [1.54, 1.807) is 12.1 Å². The lowest BCUT2D eigenvalue weighted by Crippen LogP contribution is -2.61. The Bertz CT molecular complexity index is 770. The third kappa shape index (κ3) is 4.75. The second-order valence-corrected chi connectivity index (χ2v) is 8.12. The lowest BCUT2D eigenvalue weighted by atomic mass is 9.94. The number of aromatic nitrogens is 1. The van der Waals surface area contributed by atoms with Crippen LogP contribution in [0.4, 0.5) is 4.39 Å². The Labute approximate surface area is 159 Å². The Kier molecular flexibility index (Phi) is 5.95. The summed E-state index contributed by atoms with van der Waals surface area (Å²) in [6, 6.07) is 7.98. The van der Waals surface area contributed by atoms with E-state index in [2.05, 4.69) is 43.1 Å². The van der Waals surface area contributed by atoms with Crippen molar-refractivity contribution in [1.29, 1.82) is 0 Å². The van der Waals surface area contributed by atoms with Crippen molar-refractivity contribution < 1.29 is 13.7 Å². The molecule has 2 heterocycles. The molecule has 5 nitrogen and oxygen atoms in total. The summed E-state index contributed by atoms with van der Waals surface area (Å²) in [5, 5.41) is 7.34. The molecule has 3 rings (SSSR count). The number of hydrogen-bond acceptors (Lipinski definition) is 4. The third-order valence-corrected chi connectivity index (χ3v) is 5.05. The predicted octanol–water partition coefficient (Wildman–Crippen LogP) is 3.85. The number of halogens is 1. The first kappa shape index (κ1) is 19.5. The molecule has 2 aromatic rings. The summed E-state index contributed by atoms with van der Waals surface area (Å²) >= 11 is 0. The van der Waals surface area contributed by atoms with Gasteiger partial charge in [0.1, 0.15) is 5.82 Å². The van der Waals surface area contributed by atoms with E-state index < -0.39 is 0 Å². The van der Waals surface area contributed by atoms with Crippen molar-refractivity contribution in [2.24, 2.45) is 11.8 Å². The van der Waals surface area contributed by atoms with Gasteiger partial charge in [0, 0.05) is 30.8 Å². The second kappa shape index (κ2) is 8.21. The highest BCUT2D eigenvalue weighted by Gasteiger charge is 2.36. The zero-order valence-electron chi connectivity index (χ0n) is 16.4. The van der Waals surface area contributed by atoms with Crippen LogP contribution in [-0.4, -0.2) is 34.6 Å². The summed E-state index contributed by atoms with van der Waals surface area (Å²) in [6.07, 6.45) is 0.805. The summed E-state index contributed by atoms with van der Waals surface area (Å²) in [6.45, 7) is 9.84. The van der Waals surface area contributed by atoms with Crippen LogP contribution in [0.25, 0.3) is 11.3 Å². The largest absolute Gasteiger partial charge is 0.356 e. The fourth-order valence-corrected chi connectivity index (χ4v) is 3.47. The number of nitrogens with zero attached hydrogens (tertiary/aromatic N) is 2. The minimum atomic E-state index is -0.283. The van der Waals surface area contributed by atoms with Gasteiger partial charge in [-0.1, -0.05) is 32.9 Å². The minimum Gasteiger partial charge on any atom is -0.356 e. The maximum atomic E-state index is 13.1. The normalized spacial score (nSPS) is 21.1. The molecule has 1 amide bonds. The summed E-state index contributed by atoms with van der Waals surface area (Å²) in [5.41, 5.74) is 1.56. The van der Waals surface area contributed by atoms with Gasteiger partial charge in [0.25, 0.3) is 0 Å². The Balaban J connectivity index is 1.78. The zero-order chi connectivity index (χ0) is 19.6. The maximum Gasteiger partial charge on any atom is 0.237 e. The average Bonchev–Trinajstić information content (AvgIpc) is 3.06. The third-order valence-electron chi connectivity index (χ3n) is 5.05. The van der Waals surface area contributed by atoms with Gasteiger partial charge < -0.3 is 9.84 Å². The number of rotatable bonds is 6. The number of carbonyl (C=O) groups excluding carboxylic acids is 1. The van der Waals surface area contributed by atoms with E-state index in [9.17, 15) is 9.18 Å². The van der Waals surface area contributed by atoms with Gasteiger partial charge in [-0.05, 0) is 42.5 Å². The molecular weight excluding hydrogens is 345 g/mol. The van der Waals surface area contributed by atoms with Gasteiger partial charge in [-0.15, -0.1) is 0 Å². The molecule has 1 aliphatic heterocycles. The number of carbonyl (C=O) groups is 1. The van der Waals surface area contributed by atoms with Crippen LogP contribution in [0.1, 0.15) is 39.8 Å². The fourth-order valence-electron chi connectivity index (χ4n) is 3.47. The molecule has 1 aromatic heterocycles. The van der Waals surface area contributed by atoms with Gasteiger partial charge in [0.05, 0.1) is 11.7 Å². The Morgan fingerprint density at radius 3 is 2.59 bits per heavy atom. The molecule has 1 unspecified atom stereocenters. The molecule has 1 fully saturated rings. The van der Waals surface area contributed by atoms with Crippen molar-refractivity contribution in [2.75, 3.05) is 6.54 Å². The zero-order valence-corrected chi connectivity index (χ0v) is 16.4. The molecule has 6 heteroatoms. The lowest BCUT2D eigenvalue weighted by Gasteiger charge is -2.41. The van der Waals surface area contributed by atoms with Crippen molar-refractivity contribution >= 4 is 5.91 Å². The molecule has 146 valence electrons. The standard InChI is InChI=1S/C21H28FN3O2/c1-13(2)9-19-21(26)23-18(14(3)4)12-25(19)11-17-10-20(27-24-17)15-5-7-16(22)8-6-15/h5-8,10,13-14,18-19H,9,11-12H2,1-4H3,(H,23,26)/t18-,19?/m1/s1. The molecule has 1 saturated heterocycles. The van der Waals surface area contributed by atoms with Crippen molar-refractivity contribution in [3.8, 4) is 11.3 Å². The van der Waals surface area contributed by atoms with E-state index in [0.29, 0.717) is 24.1 Å². The van der Waals surface area contributed by atoms with Crippen LogP contribution in [0.15, 0.2) is 34.9 Å². The Hall–Kier alpha value is -2.21. The highest BCUT2D eigenvalue weighted by atomic mass is 19.1. The van der Waals surface area contributed by atoms with Crippen LogP contribution in [0, 0.1) is 17.7 Å². The quantitative estimate of drug-likeness (QED) is 0.836. The predicted molar refractivity (Wildman–Crippen MR) is 102 cm³/mol. The number of nitrogens with one attached hydrogen (secondary N) is 1. The van der Waals surface area contributed by atoms with Gasteiger partial charge in [-0.2, -0.15) is 0 Å². The number of amides is 1. The molecule has 2 atom stereocenters. The summed E-state index contributed by atoms with van der Waals surface area (Å²) < 4.78 is 18.6. The van der Waals surface area contributed by atoms with Crippen LogP contribution < -0.4 is 5.32 Å². The lowest BCUT2D eigenvalue weighted by molar-refractivity contribution is -0.132. The first-order valence-electron chi connectivity index (χ1n) is 9.59. The number of hydrogen-bond donors (Lipinski definition) is 1. The Morgan fingerprint density at radius 2 is 1.96 bits per heavy atom. The van der Waals surface area contributed by atoms with Crippen molar-refractivity contribution in [3.63, 3.8) is 0 Å². The van der Waals surface area contributed by atoms with Gasteiger partial charge in [-0.3, -0.25) is 9.69 Å². The van der Waals surface area contributed by atoms with Gasteiger partial charge in [-0.25, -0.2) is 4.39 Å². The van der Waals surface area contributed by atoms with E-state index >= 15 is 0 Å². The molecular formula is C21H28FN3O2. The first-order chi connectivity index (χ1) is 12.8. The molecule has 0 bridgehead atoms. The van der Waals surface area contributed by atoms with Gasteiger partial charge >= 0.3 is 0 Å². The molecule has 27 heavy (non-hydrogen) atoms. The van der Waals surface area contributed by atoms with Gasteiger partial charge in [0.15, 0.2) is 5.76 Å². The van der Waals surface area contributed by atoms with Crippen molar-refractivity contribution in [2.45, 2.75) is 52.7 Å².